The Bertz CT molecular complexity index is 987. The van der Waals surface area contributed by atoms with E-state index in [2.05, 4.69) is 48.3 Å². The molecule has 0 saturated heterocycles. The van der Waals surface area contributed by atoms with Crippen LogP contribution in [0.15, 0.2) is 70.2 Å². The lowest BCUT2D eigenvalue weighted by atomic mass is 9.97. The normalized spacial score (nSPS) is 21.0. The predicted octanol–water partition coefficient (Wildman–Crippen LogP) is 5.14. The quantitative estimate of drug-likeness (QED) is 0.646. The molecule has 2 aliphatic rings. The summed E-state index contributed by atoms with van der Waals surface area (Å²) >= 11 is 0. The van der Waals surface area contributed by atoms with E-state index in [1.807, 2.05) is 31.2 Å². The molecule has 0 spiro atoms. The summed E-state index contributed by atoms with van der Waals surface area (Å²) in [5.41, 5.74) is 4.49. The third-order valence-electron chi connectivity index (χ3n) is 5.09. The highest BCUT2D eigenvalue weighted by Crippen LogP contribution is 2.47. The number of ether oxygens (including phenoxy) is 1. The van der Waals surface area contributed by atoms with Crippen molar-refractivity contribution in [3.8, 4) is 5.75 Å². The molecule has 0 amide bonds. The fraction of sp³-hybridized carbons (Fsp3) is 0.227. The van der Waals surface area contributed by atoms with Crippen molar-refractivity contribution in [1.29, 1.82) is 0 Å². The zero-order chi connectivity index (χ0) is 17.7. The van der Waals surface area contributed by atoms with Crippen molar-refractivity contribution in [2.24, 2.45) is 5.10 Å². The van der Waals surface area contributed by atoms with E-state index in [1.165, 1.54) is 11.1 Å². The van der Waals surface area contributed by atoms with E-state index in [9.17, 15) is 0 Å². The number of hydrogen-bond acceptors (Lipinski definition) is 4. The summed E-state index contributed by atoms with van der Waals surface area (Å²) in [4.78, 5) is 0. The predicted molar refractivity (Wildman–Crippen MR) is 100 cm³/mol. The number of rotatable bonds is 2. The first-order chi connectivity index (χ1) is 12.7. The average molecular weight is 344 g/mol. The number of nitrogens with zero attached hydrogens (tertiary/aromatic N) is 2. The van der Waals surface area contributed by atoms with Crippen molar-refractivity contribution in [3.63, 3.8) is 0 Å². The molecule has 2 aromatic carbocycles. The summed E-state index contributed by atoms with van der Waals surface area (Å²) in [6, 6.07) is 20.9. The number of furan rings is 1. The van der Waals surface area contributed by atoms with Gasteiger partial charge < -0.3 is 9.15 Å². The minimum absolute atomic E-state index is 0.159. The van der Waals surface area contributed by atoms with Gasteiger partial charge in [-0.3, -0.25) is 0 Å². The van der Waals surface area contributed by atoms with Gasteiger partial charge in [-0.2, -0.15) is 5.10 Å². The van der Waals surface area contributed by atoms with Gasteiger partial charge >= 0.3 is 0 Å². The van der Waals surface area contributed by atoms with E-state index in [1.54, 1.807) is 0 Å². The Morgan fingerprint density at radius 3 is 2.54 bits per heavy atom. The molecule has 0 N–H and O–H groups in total. The van der Waals surface area contributed by atoms with E-state index >= 15 is 0 Å². The number of hydrazone groups is 1. The molecule has 4 heteroatoms. The van der Waals surface area contributed by atoms with Gasteiger partial charge in [-0.25, -0.2) is 5.01 Å². The number of aryl methyl sites for hydroxylation is 2. The Labute approximate surface area is 152 Å². The van der Waals surface area contributed by atoms with E-state index in [4.69, 9.17) is 14.3 Å². The van der Waals surface area contributed by atoms with Crippen LogP contribution in [0.4, 0.5) is 0 Å². The fourth-order valence-corrected chi connectivity index (χ4v) is 3.72. The lowest BCUT2D eigenvalue weighted by Crippen LogP contribution is -2.33. The van der Waals surface area contributed by atoms with E-state index in [0.717, 1.165) is 35.0 Å². The van der Waals surface area contributed by atoms with Gasteiger partial charge in [0.15, 0.2) is 0 Å². The van der Waals surface area contributed by atoms with Crippen LogP contribution in [-0.2, 0) is 0 Å². The Morgan fingerprint density at radius 2 is 1.77 bits per heavy atom. The Morgan fingerprint density at radius 1 is 0.962 bits per heavy atom. The van der Waals surface area contributed by atoms with Crippen molar-refractivity contribution in [2.45, 2.75) is 32.5 Å². The molecule has 0 bridgehead atoms. The molecule has 0 aliphatic carbocycles. The molecule has 2 aliphatic heterocycles. The first-order valence-corrected chi connectivity index (χ1v) is 8.94. The second kappa shape index (κ2) is 5.77. The van der Waals surface area contributed by atoms with Gasteiger partial charge in [0, 0.05) is 17.5 Å². The van der Waals surface area contributed by atoms with Crippen molar-refractivity contribution < 1.29 is 9.15 Å². The third-order valence-corrected chi connectivity index (χ3v) is 5.09. The van der Waals surface area contributed by atoms with Gasteiger partial charge in [-0.15, -0.1) is 0 Å². The van der Waals surface area contributed by atoms with Gasteiger partial charge in [-0.05, 0) is 32.0 Å². The number of para-hydroxylation sites is 1. The highest BCUT2D eigenvalue weighted by atomic mass is 16.5. The minimum Gasteiger partial charge on any atom is -0.464 e. The van der Waals surface area contributed by atoms with Gasteiger partial charge in [0.25, 0.3) is 0 Å². The molecule has 4 nitrogen and oxygen atoms in total. The van der Waals surface area contributed by atoms with E-state index in [-0.39, 0.29) is 12.3 Å². The summed E-state index contributed by atoms with van der Waals surface area (Å²) in [6.45, 7) is 4.05. The highest BCUT2D eigenvalue weighted by molar-refractivity contribution is 5.99. The summed E-state index contributed by atoms with van der Waals surface area (Å²) in [5, 5.41) is 6.99. The fourth-order valence-electron chi connectivity index (χ4n) is 3.72. The van der Waals surface area contributed by atoms with Crippen molar-refractivity contribution in [1.82, 2.24) is 5.01 Å². The first-order valence-electron chi connectivity index (χ1n) is 8.94. The zero-order valence-corrected chi connectivity index (χ0v) is 14.8. The van der Waals surface area contributed by atoms with Crippen LogP contribution in [0.3, 0.4) is 0 Å². The standard InChI is InChI=1S/C22H20N2O2/c1-14-7-10-16(11-8-14)22-24-19(17-5-3-4-6-20(17)26-22)13-18(23-24)21-12-9-15(2)25-21/h3-12,19,22H,13H2,1-2H3/t19-,22-/m1/s1. The van der Waals surface area contributed by atoms with Crippen LogP contribution in [0.25, 0.3) is 0 Å². The van der Waals surface area contributed by atoms with Crippen LogP contribution in [0, 0.1) is 13.8 Å². The molecule has 3 heterocycles. The molecule has 0 unspecified atom stereocenters. The summed E-state index contributed by atoms with van der Waals surface area (Å²) in [6.07, 6.45) is 0.583. The maximum atomic E-state index is 6.35. The second-order valence-corrected chi connectivity index (χ2v) is 6.98. The van der Waals surface area contributed by atoms with Crippen LogP contribution in [0.2, 0.25) is 0 Å². The Hall–Kier alpha value is -3.01. The van der Waals surface area contributed by atoms with Gasteiger partial charge in [0.1, 0.15) is 23.0 Å². The van der Waals surface area contributed by atoms with Crippen LogP contribution < -0.4 is 4.74 Å². The Balaban J connectivity index is 1.59. The summed E-state index contributed by atoms with van der Waals surface area (Å²) in [5.74, 6) is 2.68. The molecular formula is C22H20N2O2. The second-order valence-electron chi connectivity index (χ2n) is 6.98. The molecule has 0 saturated carbocycles. The maximum absolute atomic E-state index is 6.35. The summed E-state index contributed by atoms with van der Waals surface area (Å²) in [7, 11) is 0. The molecule has 0 fully saturated rings. The monoisotopic (exact) mass is 344 g/mol. The molecular weight excluding hydrogens is 324 g/mol. The molecule has 0 radical (unpaired) electrons. The van der Waals surface area contributed by atoms with Crippen molar-refractivity contribution >= 4 is 5.71 Å². The van der Waals surface area contributed by atoms with Crippen LogP contribution >= 0.6 is 0 Å². The lowest BCUT2D eigenvalue weighted by molar-refractivity contribution is -0.0190. The Kier molecular flexibility index (Phi) is 3.38. The first kappa shape index (κ1) is 15.3. The van der Waals surface area contributed by atoms with E-state index in [0.29, 0.717) is 0 Å². The van der Waals surface area contributed by atoms with Crippen molar-refractivity contribution in [3.05, 3.63) is 88.9 Å². The van der Waals surface area contributed by atoms with E-state index < -0.39 is 0 Å². The number of benzene rings is 2. The van der Waals surface area contributed by atoms with Crippen LogP contribution in [0.1, 0.15) is 46.9 Å². The number of hydrogen-bond donors (Lipinski definition) is 0. The van der Waals surface area contributed by atoms with Gasteiger partial charge in [0.05, 0.1) is 6.04 Å². The van der Waals surface area contributed by atoms with Gasteiger partial charge in [-0.1, -0.05) is 48.0 Å². The molecule has 3 aromatic rings. The van der Waals surface area contributed by atoms with Crippen LogP contribution in [-0.4, -0.2) is 10.7 Å². The molecule has 26 heavy (non-hydrogen) atoms. The minimum atomic E-state index is -0.232. The summed E-state index contributed by atoms with van der Waals surface area (Å²) < 4.78 is 12.2. The smallest absolute Gasteiger partial charge is 0.213 e. The highest BCUT2D eigenvalue weighted by Gasteiger charge is 2.41. The molecule has 2 atom stereocenters. The average Bonchev–Trinajstić information content (AvgIpc) is 3.28. The SMILES string of the molecule is Cc1ccc([C@H]2Oc3ccccc3[C@H]3CC(c4ccc(C)o4)=NN32)cc1. The lowest BCUT2D eigenvalue weighted by Gasteiger charge is -2.38. The zero-order valence-electron chi connectivity index (χ0n) is 14.8. The van der Waals surface area contributed by atoms with Gasteiger partial charge in [0.2, 0.25) is 6.23 Å². The molecule has 130 valence electrons. The van der Waals surface area contributed by atoms with Crippen molar-refractivity contribution in [2.75, 3.05) is 0 Å². The number of fused-ring (bicyclic) bond motifs is 3. The largest absolute Gasteiger partial charge is 0.464 e. The topological polar surface area (TPSA) is 38.0 Å². The maximum Gasteiger partial charge on any atom is 0.213 e. The molecule has 5 rings (SSSR count). The third kappa shape index (κ3) is 2.41. The molecule has 1 aromatic heterocycles. The van der Waals surface area contributed by atoms with Crippen LogP contribution in [0.5, 0.6) is 5.75 Å².